The molecule has 2 aliphatic rings. The van der Waals surface area contributed by atoms with Crippen molar-refractivity contribution < 1.29 is 0 Å². The standard InChI is InChI=1S/C12H24N2S/c1-9-5-11(9)7-14(2)12(6-13)10-3-4-15-8-10/h9-12H,3-8,13H2,1-2H3. The molecule has 0 bridgehead atoms. The molecule has 1 heterocycles. The van der Waals surface area contributed by atoms with Gasteiger partial charge in [0.25, 0.3) is 0 Å². The monoisotopic (exact) mass is 228 g/mol. The van der Waals surface area contributed by atoms with Crippen LogP contribution >= 0.6 is 11.8 Å². The summed E-state index contributed by atoms with van der Waals surface area (Å²) in [5.74, 6) is 5.43. The highest BCUT2D eigenvalue weighted by atomic mass is 32.2. The van der Waals surface area contributed by atoms with Gasteiger partial charge in [0.05, 0.1) is 0 Å². The van der Waals surface area contributed by atoms with Crippen LogP contribution in [0.15, 0.2) is 0 Å². The van der Waals surface area contributed by atoms with Crippen molar-refractivity contribution in [1.82, 2.24) is 4.90 Å². The Morgan fingerprint density at radius 2 is 2.27 bits per heavy atom. The van der Waals surface area contributed by atoms with Crippen LogP contribution < -0.4 is 5.73 Å². The van der Waals surface area contributed by atoms with Gasteiger partial charge in [0.1, 0.15) is 0 Å². The van der Waals surface area contributed by atoms with Crippen LogP contribution in [0.25, 0.3) is 0 Å². The fraction of sp³-hybridized carbons (Fsp3) is 1.00. The molecule has 1 aliphatic heterocycles. The number of likely N-dealkylation sites (N-methyl/N-ethyl adjacent to an activating group) is 1. The molecule has 1 saturated heterocycles. The van der Waals surface area contributed by atoms with Gasteiger partial charge in [-0.3, -0.25) is 0 Å². The quantitative estimate of drug-likeness (QED) is 0.776. The highest BCUT2D eigenvalue weighted by Gasteiger charge is 2.36. The molecule has 88 valence electrons. The van der Waals surface area contributed by atoms with E-state index in [1.165, 1.54) is 30.9 Å². The molecule has 1 aliphatic carbocycles. The summed E-state index contributed by atoms with van der Waals surface area (Å²) in [6, 6.07) is 0.632. The maximum atomic E-state index is 5.93. The van der Waals surface area contributed by atoms with Crippen LogP contribution in [0.4, 0.5) is 0 Å². The zero-order valence-corrected chi connectivity index (χ0v) is 10.8. The van der Waals surface area contributed by atoms with Gasteiger partial charge in [-0.05, 0) is 49.1 Å². The second-order valence-corrected chi connectivity index (χ2v) is 6.49. The molecule has 15 heavy (non-hydrogen) atoms. The van der Waals surface area contributed by atoms with E-state index in [9.17, 15) is 0 Å². The molecule has 0 spiro atoms. The van der Waals surface area contributed by atoms with Gasteiger partial charge in [-0.25, -0.2) is 0 Å². The zero-order chi connectivity index (χ0) is 10.8. The maximum Gasteiger partial charge on any atom is 0.0251 e. The Kier molecular flexibility index (Phi) is 3.97. The molecule has 2 N–H and O–H groups in total. The van der Waals surface area contributed by atoms with Gasteiger partial charge in [-0.15, -0.1) is 0 Å². The third-order valence-electron chi connectivity index (χ3n) is 4.12. The van der Waals surface area contributed by atoms with Crippen molar-refractivity contribution in [3.05, 3.63) is 0 Å². The van der Waals surface area contributed by atoms with E-state index in [1.807, 2.05) is 0 Å². The van der Waals surface area contributed by atoms with E-state index >= 15 is 0 Å². The summed E-state index contributed by atoms with van der Waals surface area (Å²) >= 11 is 2.10. The Bertz CT molecular complexity index is 204. The Balaban J connectivity index is 1.81. The molecule has 0 aromatic heterocycles. The third-order valence-corrected chi connectivity index (χ3v) is 5.30. The van der Waals surface area contributed by atoms with Crippen molar-refractivity contribution in [1.29, 1.82) is 0 Å². The van der Waals surface area contributed by atoms with Gasteiger partial charge >= 0.3 is 0 Å². The van der Waals surface area contributed by atoms with Crippen LogP contribution in [-0.4, -0.2) is 42.6 Å². The van der Waals surface area contributed by atoms with Crippen molar-refractivity contribution >= 4 is 11.8 Å². The molecule has 0 radical (unpaired) electrons. The minimum atomic E-state index is 0.632. The van der Waals surface area contributed by atoms with Crippen molar-refractivity contribution in [2.75, 3.05) is 31.6 Å². The van der Waals surface area contributed by atoms with Crippen LogP contribution in [0.3, 0.4) is 0 Å². The van der Waals surface area contributed by atoms with E-state index in [0.717, 1.165) is 24.3 Å². The predicted octanol–water partition coefficient (Wildman–Crippen LogP) is 1.65. The van der Waals surface area contributed by atoms with Gasteiger partial charge in [0, 0.05) is 19.1 Å². The lowest BCUT2D eigenvalue weighted by molar-refractivity contribution is 0.182. The molecule has 2 nitrogen and oxygen atoms in total. The molecule has 2 fully saturated rings. The first-order valence-electron chi connectivity index (χ1n) is 6.20. The maximum absolute atomic E-state index is 5.93. The van der Waals surface area contributed by atoms with Crippen LogP contribution in [0.5, 0.6) is 0 Å². The summed E-state index contributed by atoms with van der Waals surface area (Å²) in [6.07, 6.45) is 2.80. The zero-order valence-electron chi connectivity index (χ0n) is 9.98. The number of thioether (sulfide) groups is 1. The Labute approximate surface area is 98.0 Å². The van der Waals surface area contributed by atoms with E-state index in [1.54, 1.807) is 0 Å². The summed E-state index contributed by atoms with van der Waals surface area (Å²) in [4.78, 5) is 2.53. The number of rotatable bonds is 5. The molecular formula is C12H24N2S. The Morgan fingerprint density at radius 1 is 1.53 bits per heavy atom. The van der Waals surface area contributed by atoms with E-state index in [2.05, 4.69) is 30.6 Å². The van der Waals surface area contributed by atoms with Crippen LogP contribution in [-0.2, 0) is 0 Å². The number of nitrogens with two attached hydrogens (primary N) is 1. The first-order valence-corrected chi connectivity index (χ1v) is 7.36. The van der Waals surface area contributed by atoms with Crippen LogP contribution in [0.2, 0.25) is 0 Å². The number of hydrogen-bond acceptors (Lipinski definition) is 3. The molecule has 3 heteroatoms. The normalized spacial score (nSPS) is 37.2. The second kappa shape index (κ2) is 5.07. The van der Waals surface area contributed by atoms with Crippen LogP contribution in [0, 0.1) is 17.8 Å². The van der Waals surface area contributed by atoms with E-state index < -0.39 is 0 Å². The van der Waals surface area contributed by atoms with E-state index in [0.29, 0.717) is 6.04 Å². The van der Waals surface area contributed by atoms with Crippen molar-refractivity contribution in [3.8, 4) is 0 Å². The molecule has 0 aromatic rings. The molecular weight excluding hydrogens is 204 g/mol. The SMILES string of the molecule is CC1CC1CN(C)C(CN)C1CCSC1. The first kappa shape index (κ1) is 11.7. The van der Waals surface area contributed by atoms with Crippen LogP contribution in [0.1, 0.15) is 19.8 Å². The Morgan fingerprint density at radius 3 is 2.73 bits per heavy atom. The van der Waals surface area contributed by atoms with Gasteiger partial charge in [-0.1, -0.05) is 6.92 Å². The first-order chi connectivity index (χ1) is 7.22. The van der Waals surface area contributed by atoms with Gasteiger partial charge < -0.3 is 10.6 Å². The summed E-state index contributed by atoms with van der Waals surface area (Å²) in [7, 11) is 2.27. The smallest absolute Gasteiger partial charge is 0.0251 e. The van der Waals surface area contributed by atoms with Gasteiger partial charge in [-0.2, -0.15) is 11.8 Å². The summed E-state index contributed by atoms with van der Waals surface area (Å²) < 4.78 is 0. The largest absolute Gasteiger partial charge is 0.329 e. The number of hydrogen-bond donors (Lipinski definition) is 1. The topological polar surface area (TPSA) is 29.3 Å². The summed E-state index contributed by atoms with van der Waals surface area (Å²) in [5, 5.41) is 0. The average molecular weight is 228 g/mol. The lowest BCUT2D eigenvalue weighted by Crippen LogP contribution is -2.44. The van der Waals surface area contributed by atoms with E-state index in [-0.39, 0.29) is 0 Å². The van der Waals surface area contributed by atoms with E-state index in [4.69, 9.17) is 5.73 Å². The second-order valence-electron chi connectivity index (χ2n) is 5.34. The lowest BCUT2D eigenvalue weighted by Gasteiger charge is -2.31. The fourth-order valence-electron chi connectivity index (χ4n) is 2.75. The Hall–Kier alpha value is 0.270. The highest BCUT2D eigenvalue weighted by molar-refractivity contribution is 7.99. The number of nitrogens with zero attached hydrogens (tertiary/aromatic N) is 1. The molecule has 0 amide bonds. The minimum absolute atomic E-state index is 0.632. The predicted molar refractivity (Wildman–Crippen MR) is 68.2 cm³/mol. The fourth-order valence-corrected chi connectivity index (χ4v) is 4.07. The lowest BCUT2D eigenvalue weighted by atomic mass is 9.98. The molecule has 0 aromatic carbocycles. The van der Waals surface area contributed by atoms with Gasteiger partial charge in [0.2, 0.25) is 0 Å². The summed E-state index contributed by atoms with van der Waals surface area (Å²) in [6.45, 7) is 4.47. The summed E-state index contributed by atoms with van der Waals surface area (Å²) in [5.41, 5.74) is 5.93. The minimum Gasteiger partial charge on any atom is -0.329 e. The van der Waals surface area contributed by atoms with Gasteiger partial charge in [0.15, 0.2) is 0 Å². The molecule has 4 atom stereocenters. The molecule has 4 unspecified atom stereocenters. The van der Waals surface area contributed by atoms with Crippen molar-refractivity contribution in [2.24, 2.45) is 23.5 Å². The molecule has 1 saturated carbocycles. The van der Waals surface area contributed by atoms with Crippen molar-refractivity contribution in [3.63, 3.8) is 0 Å². The van der Waals surface area contributed by atoms with Crippen molar-refractivity contribution in [2.45, 2.75) is 25.8 Å². The average Bonchev–Trinajstić information content (AvgIpc) is 2.70. The highest BCUT2D eigenvalue weighted by Crippen LogP contribution is 2.39. The molecule has 2 rings (SSSR count). The third kappa shape index (κ3) is 2.89.